The Hall–Kier alpha value is -1.86. The van der Waals surface area contributed by atoms with Crippen molar-refractivity contribution in [2.75, 3.05) is 26.0 Å². The normalized spacial score (nSPS) is 18.0. The predicted molar refractivity (Wildman–Crippen MR) is 86.2 cm³/mol. The Kier molecular flexibility index (Phi) is 4.16. The monoisotopic (exact) mass is 337 g/mol. The van der Waals surface area contributed by atoms with Crippen molar-refractivity contribution in [1.82, 2.24) is 5.32 Å². The number of carbonyl (C=O) groups excluding carboxylic acids is 1. The standard InChI is InChI=1S/C16H19NO5S/c1-23(19,20)16(6-9-21-10-7-16)11-17-15(18)13-4-2-3-12-5-8-22-14(12)13/h2-5,8H,6-7,9-11H2,1H3,(H,17,18). The first-order chi connectivity index (χ1) is 10.9. The van der Waals surface area contributed by atoms with E-state index in [0.29, 0.717) is 37.2 Å². The number of para-hydroxylation sites is 1. The van der Waals surface area contributed by atoms with Crippen LogP contribution < -0.4 is 5.32 Å². The SMILES string of the molecule is CS(=O)(=O)C1(CNC(=O)c2cccc3ccoc23)CCOCC1. The van der Waals surface area contributed by atoms with E-state index in [1.165, 1.54) is 12.5 Å². The third-order valence-corrected chi connectivity index (χ3v) is 6.61. The number of rotatable bonds is 4. The molecule has 1 aliphatic rings. The average Bonchev–Trinajstić information content (AvgIpc) is 3.01. The van der Waals surface area contributed by atoms with Crippen LogP contribution in [0.4, 0.5) is 0 Å². The molecule has 1 aliphatic heterocycles. The van der Waals surface area contributed by atoms with E-state index in [2.05, 4.69) is 5.32 Å². The molecule has 1 fully saturated rings. The molecular weight excluding hydrogens is 318 g/mol. The van der Waals surface area contributed by atoms with Crippen LogP contribution in [0.3, 0.4) is 0 Å². The summed E-state index contributed by atoms with van der Waals surface area (Å²) in [5, 5.41) is 3.60. The number of ether oxygens (including phenoxy) is 1. The Morgan fingerprint density at radius 2 is 2.00 bits per heavy atom. The van der Waals surface area contributed by atoms with Gasteiger partial charge < -0.3 is 14.5 Å². The summed E-state index contributed by atoms with van der Waals surface area (Å²) in [6.07, 6.45) is 3.52. The summed E-state index contributed by atoms with van der Waals surface area (Å²) in [5.41, 5.74) is 0.911. The van der Waals surface area contributed by atoms with Gasteiger partial charge in [0.1, 0.15) is 5.58 Å². The Morgan fingerprint density at radius 1 is 1.26 bits per heavy atom. The van der Waals surface area contributed by atoms with Gasteiger partial charge in [-0.1, -0.05) is 12.1 Å². The van der Waals surface area contributed by atoms with Crippen LogP contribution in [0, 0.1) is 0 Å². The number of carbonyl (C=O) groups is 1. The zero-order chi connectivity index (χ0) is 16.5. The molecule has 0 bridgehead atoms. The summed E-state index contributed by atoms with van der Waals surface area (Å²) in [5.74, 6) is -0.333. The van der Waals surface area contributed by atoms with E-state index in [1.807, 2.05) is 6.07 Å². The first-order valence-electron chi connectivity index (χ1n) is 7.45. The largest absolute Gasteiger partial charge is 0.464 e. The second kappa shape index (κ2) is 5.98. The van der Waals surface area contributed by atoms with Gasteiger partial charge in [0, 0.05) is 31.4 Å². The third-order valence-electron chi connectivity index (χ3n) is 4.49. The smallest absolute Gasteiger partial charge is 0.255 e. The molecule has 23 heavy (non-hydrogen) atoms. The molecule has 1 aromatic heterocycles. The number of hydrogen-bond acceptors (Lipinski definition) is 5. The molecule has 2 aromatic rings. The summed E-state index contributed by atoms with van der Waals surface area (Å²) in [7, 11) is -3.32. The molecule has 0 atom stereocenters. The van der Waals surface area contributed by atoms with Gasteiger partial charge >= 0.3 is 0 Å². The lowest BCUT2D eigenvalue weighted by molar-refractivity contribution is 0.0719. The summed E-state index contributed by atoms with van der Waals surface area (Å²) >= 11 is 0. The van der Waals surface area contributed by atoms with Crippen molar-refractivity contribution in [3.8, 4) is 0 Å². The number of nitrogens with one attached hydrogen (secondary N) is 1. The highest BCUT2D eigenvalue weighted by molar-refractivity contribution is 7.92. The van der Waals surface area contributed by atoms with Gasteiger partial charge in [-0.2, -0.15) is 0 Å². The molecule has 0 unspecified atom stereocenters. The highest BCUT2D eigenvalue weighted by Gasteiger charge is 2.42. The Labute approximate surface area is 134 Å². The lowest BCUT2D eigenvalue weighted by Gasteiger charge is -2.35. The summed E-state index contributed by atoms with van der Waals surface area (Å²) < 4.78 is 34.1. The van der Waals surface area contributed by atoms with Crippen molar-refractivity contribution in [3.05, 3.63) is 36.1 Å². The van der Waals surface area contributed by atoms with Gasteiger partial charge in [0.15, 0.2) is 9.84 Å². The van der Waals surface area contributed by atoms with E-state index >= 15 is 0 Å². The quantitative estimate of drug-likeness (QED) is 0.919. The highest BCUT2D eigenvalue weighted by atomic mass is 32.2. The minimum Gasteiger partial charge on any atom is -0.464 e. The fourth-order valence-electron chi connectivity index (χ4n) is 2.93. The van der Waals surface area contributed by atoms with E-state index in [9.17, 15) is 13.2 Å². The number of sulfone groups is 1. The van der Waals surface area contributed by atoms with Crippen LogP contribution in [0.2, 0.25) is 0 Å². The van der Waals surface area contributed by atoms with Gasteiger partial charge in [-0.15, -0.1) is 0 Å². The van der Waals surface area contributed by atoms with Gasteiger partial charge in [-0.25, -0.2) is 8.42 Å². The molecule has 1 saturated heterocycles. The predicted octanol–water partition coefficient (Wildman–Crippen LogP) is 1.76. The highest BCUT2D eigenvalue weighted by Crippen LogP contribution is 2.29. The van der Waals surface area contributed by atoms with Crippen LogP contribution in [-0.4, -0.2) is 45.1 Å². The first-order valence-corrected chi connectivity index (χ1v) is 9.34. The number of fused-ring (bicyclic) bond motifs is 1. The topological polar surface area (TPSA) is 85.6 Å². The van der Waals surface area contributed by atoms with Gasteiger partial charge in [-0.05, 0) is 25.0 Å². The second-order valence-corrected chi connectivity index (χ2v) is 8.31. The van der Waals surface area contributed by atoms with Crippen LogP contribution in [0.1, 0.15) is 23.2 Å². The summed E-state index contributed by atoms with van der Waals surface area (Å²) in [6.45, 7) is 0.846. The minimum absolute atomic E-state index is 0.0745. The van der Waals surface area contributed by atoms with Crippen molar-refractivity contribution in [2.45, 2.75) is 17.6 Å². The molecule has 0 aliphatic carbocycles. The van der Waals surface area contributed by atoms with Gasteiger partial charge in [0.05, 0.1) is 16.6 Å². The van der Waals surface area contributed by atoms with Crippen molar-refractivity contribution in [2.24, 2.45) is 0 Å². The molecule has 1 aromatic carbocycles. The lowest BCUT2D eigenvalue weighted by Crippen LogP contribution is -2.51. The molecule has 7 heteroatoms. The van der Waals surface area contributed by atoms with E-state index in [-0.39, 0.29) is 12.5 Å². The molecule has 124 valence electrons. The van der Waals surface area contributed by atoms with E-state index < -0.39 is 14.6 Å². The van der Waals surface area contributed by atoms with Crippen LogP contribution in [-0.2, 0) is 14.6 Å². The molecule has 2 heterocycles. The summed E-state index contributed by atoms with van der Waals surface area (Å²) in [4.78, 5) is 12.5. The van der Waals surface area contributed by atoms with Crippen molar-refractivity contribution in [1.29, 1.82) is 0 Å². The van der Waals surface area contributed by atoms with Crippen molar-refractivity contribution in [3.63, 3.8) is 0 Å². The fourth-order valence-corrected chi connectivity index (χ4v) is 4.17. The van der Waals surface area contributed by atoms with E-state index in [4.69, 9.17) is 9.15 Å². The van der Waals surface area contributed by atoms with Gasteiger partial charge in [0.2, 0.25) is 0 Å². The molecule has 1 N–H and O–H groups in total. The maximum absolute atomic E-state index is 12.5. The number of hydrogen-bond donors (Lipinski definition) is 1. The maximum atomic E-state index is 12.5. The molecule has 0 saturated carbocycles. The van der Waals surface area contributed by atoms with Crippen LogP contribution in [0.5, 0.6) is 0 Å². The number of furan rings is 1. The minimum atomic E-state index is -3.32. The molecule has 0 radical (unpaired) electrons. The van der Waals surface area contributed by atoms with Crippen LogP contribution in [0.15, 0.2) is 34.9 Å². The average molecular weight is 337 g/mol. The molecule has 1 amide bonds. The Morgan fingerprint density at radius 3 is 2.70 bits per heavy atom. The zero-order valence-corrected chi connectivity index (χ0v) is 13.7. The molecule has 0 spiro atoms. The zero-order valence-electron chi connectivity index (χ0n) is 12.9. The van der Waals surface area contributed by atoms with Gasteiger partial charge in [-0.3, -0.25) is 4.79 Å². The Bertz CT molecular complexity index is 818. The van der Waals surface area contributed by atoms with Gasteiger partial charge in [0.25, 0.3) is 5.91 Å². The van der Waals surface area contributed by atoms with E-state index in [1.54, 1.807) is 18.2 Å². The van der Waals surface area contributed by atoms with E-state index in [0.717, 1.165) is 5.39 Å². The summed E-state index contributed by atoms with van der Waals surface area (Å²) in [6, 6.07) is 7.07. The van der Waals surface area contributed by atoms with Crippen molar-refractivity contribution < 1.29 is 22.4 Å². The maximum Gasteiger partial charge on any atom is 0.255 e. The van der Waals surface area contributed by atoms with Crippen LogP contribution >= 0.6 is 0 Å². The number of benzene rings is 1. The molecule has 6 nitrogen and oxygen atoms in total. The third kappa shape index (κ3) is 2.98. The fraction of sp³-hybridized carbons (Fsp3) is 0.438. The van der Waals surface area contributed by atoms with Crippen molar-refractivity contribution >= 4 is 26.7 Å². The second-order valence-electron chi connectivity index (χ2n) is 5.89. The molecular formula is C16H19NO5S. The number of amides is 1. The lowest BCUT2D eigenvalue weighted by atomic mass is 9.98. The molecule has 3 rings (SSSR count). The Balaban J connectivity index is 1.81. The first kappa shape index (κ1) is 16.0. The van der Waals surface area contributed by atoms with Crippen LogP contribution in [0.25, 0.3) is 11.0 Å².